The van der Waals surface area contributed by atoms with Crippen LogP contribution in [0, 0.1) is 12.8 Å². The number of rotatable bonds is 6. The van der Waals surface area contributed by atoms with Gasteiger partial charge in [0.15, 0.2) is 5.96 Å². The van der Waals surface area contributed by atoms with Gasteiger partial charge < -0.3 is 16.0 Å². The summed E-state index contributed by atoms with van der Waals surface area (Å²) in [6.07, 6.45) is 2.62. The zero-order valence-electron chi connectivity index (χ0n) is 15.8. The van der Waals surface area contributed by atoms with Crippen LogP contribution in [0.1, 0.15) is 50.2 Å². The molecule has 138 valence electrons. The summed E-state index contributed by atoms with van der Waals surface area (Å²) >= 11 is 0. The van der Waals surface area contributed by atoms with E-state index in [0.717, 1.165) is 45.0 Å². The first kappa shape index (κ1) is 19.3. The Bertz CT molecular complexity index is 599. The number of aliphatic imine (C=N–C) groups is 1. The van der Waals surface area contributed by atoms with Gasteiger partial charge in [0.25, 0.3) is 0 Å². The molecule has 1 aromatic rings. The summed E-state index contributed by atoms with van der Waals surface area (Å²) in [6, 6.07) is 8.63. The normalized spacial score (nSPS) is 19.6. The van der Waals surface area contributed by atoms with E-state index in [-0.39, 0.29) is 5.91 Å². The van der Waals surface area contributed by atoms with Crippen molar-refractivity contribution in [1.29, 1.82) is 0 Å². The lowest BCUT2D eigenvalue weighted by Gasteiger charge is -2.34. The second-order valence-electron chi connectivity index (χ2n) is 7.13. The van der Waals surface area contributed by atoms with Gasteiger partial charge in [0, 0.05) is 38.5 Å². The molecule has 0 bridgehead atoms. The topological polar surface area (TPSA) is 70.7 Å². The standard InChI is InChI=1S/C20H32N4O/c1-4-22-20(24-10-6-8-17(14-24)12-19(21)25)23-13-16(3)18-9-5-7-15(2)11-18/h5,7,9,11,16-17H,4,6,8,10,12-14H2,1-3H3,(H2,21,25)(H,22,23). The zero-order valence-corrected chi connectivity index (χ0v) is 15.8. The smallest absolute Gasteiger partial charge is 0.217 e. The molecule has 1 aliphatic rings. The number of piperidine rings is 1. The van der Waals surface area contributed by atoms with Crippen molar-refractivity contribution in [3.8, 4) is 0 Å². The molecule has 1 heterocycles. The number of hydrogen-bond donors (Lipinski definition) is 2. The van der Waals surface area contributed by atoms with Crippen molar-refractivity contribution in [1.82, 2.24) is 10.2 Å². The number of nitrogens with zero attached hydrogens (tertiary/aromatic N) is 2. The van der Waals surface area contributed by atoms with Crippen molar-refractivity contribution in [2.24, 2.45) is 16.6 Å². The van der Waals surface area contributed by atoms with Crippen LogP contribution < -0.4 is 11.1 Å². The lowest BCUT2D eigenvalue weighted by Crippen LogP contribution is -2.47. The van der Waals surface area contributed by atoms with E-state index in [0.29, 0.717) is 18.3 Å². The minimum Gasteiger partial charge on any atom is -0.370 e. The van der Waals surface area contributed by atoms with Gasteiger partial charge in [-0.25, -0.2) is 0 Å². The number of hydrogen-bond acceptors (Lipinski definition) is 2. The molecule has 1 saturated heterocycles. The van der Waals surface area contributed by atoms with Crippen LogP contribution in [0.2, 0.25) is 0 Å². The second kappa shape index (κ2) is 9.44. The fourth-order valence-corrected chi connectivity index (χ4v) is 3.44. The van der Waals surface area contributed by atoms with Crippen LogP contribution in [0.15, 0.2) is 29.3 Å². The van der Waals surface area contributed by atoms with Crippen LogP contribution in [0.5, 0.6) is 0 Å². The SMILES string of the molecule is CCNC(=NCC(C)c1cccc(C)c1)N1CCCC(CC(N)=O)C1. The predicted octanol–water partition coefficient (Wildman–Crippen LogP) is 2.65. The van der Waals surface area contributed by atoms with Crippen molar-refractivity contribution in [3.63, 3.8) is 0 Å². The Hall–Kier alpha value is -2.04. The molecule has 0 aromatic heterocycles. The molecule has 2 rings (SSSR count). The molecule has 0 saturated carbocycles. The third-order valence-corrected chi connectivity index (χ3v) is 4.77. The van der Waals surface area contributed by atoms with Crippen LogP contribution in [-0.2, 0) is 4.79 Å². The summed E-state index contributed by atoms with van der Waals surface area (Å²) in [4.78, 5) is 18.4. The third kappa shape index (κ3) is 6.07. The summed E-state index contributed by atoms with van der Waals surface area (Å²) in [7, 11) is 0. The molecule has 1 aliphatic heterocycles. The van der Waals surface area contributed by atoms with Crippen molar-refractivity contribution < 1.29 is 4.79 Å². The number of nitrogens with two attached hydrogens (primary N) is 1. The Morgan fingerprint density at radius 3 is 2.96 bits per heavy atom. The molecular weight excluding hydrogens is 312 g/mol. The maximum absolute atomic E-state index is 11.2. The van der Waals surface area contributed by atoms with Gasteiger partial charge in [-0.05, 0) is 38.2 Å². The Kier molecular flexibility index (Phi) is 7.29. The van der Waals surface area contributed by atoms with E-state index in [4.69, 9.17) is 10.7 Å². The molecule has 5 nitrogen and oxygen atoms in total. The number of carbonyl (C=O) groups is 1. The molecule has 1 amide bonds. The Labute approximate surface area is 151 Å². The van der Waals surface area contributed by atoms with Gasteiger partial charge in [0.1, 0.15) is 0 Å². The largest absolute Gasteiger partial charge is 0.370 e. The molecule has 0 aliphatic carbocycles. The van der Waals surface area contributed by atoms with Crippen molar-refractivity contribution in [3.05, 3.63) is 35.4 Å². The van der Waals surface area contributed by atoms with Gasteiger partial charge in [-0.15, -0.1) is 0 Å². The summed E-state index contributed by atoms with van der Waals surface area (Å²) in [5, 5.41) is 3.40. The molecular formula is C20H32N4O. The number of amides is 1. The average molecular weight is 345 g/mol. The van der Waals surface area contributed by atoms with E-state index in [9.17, 15) is 4.79 Å². The van der Waals surface area contributed by atoms with Crippen molar-refractivity contribution in [2.75, 3.05) is 26.2 Å². The van der Waals surface area contributed by atoms with Gasteiger partial charge in [0.2, 0.25) is 5.91 Å². The van der Waals surface area contributed by atoms with Crippen LogP contribution >= 0.6 is 0 Å². The molecule has 0 spiro atoms. The van der Waals surface area contributed by atoms with Crippen LogP contribution in [0.3, 0.4) is 0 Å². The summed E-state index contributed by atoms with van der Waals surface area (Å²) in [5.74, 6) is 1.46. The Morgan fingerprint density at radius 1 is 1.48 bits per heavy atom. The zero-order chi connectivity index (χ0) is 18.2. The average Bonchev–Trinajstić information content (AvgIpc) is 2.58. The first-order chi connectivity index (χ1) is 12.0. The molecule has 1 fully saturated rings. The molecule has 0 radical (unpaired) electrons. The molecule has 3 N–H and O–H groups in total. The third-order valence-electron chi connectivity index (χ3n) is 4.77. The first-order valence-electron chi connectivity index (χ1n) is 9.37. The summed E-state index contributed by atoms with van der Waals surface area (Å²) < 4.78 is 0. The lowest BCUT2D eigenvalue weighted by atomic mass is 9.95. The van der Waals surface area contributed by atoms with E-state index in [1.54, 1.807) is 0 Å². The minimum absolute atomic E-state index is 0.207. The molecule has 2 unspecified atom stereocenters. The fourth-order valence-electron chi connectivity index (χ4n) is 3.44. The number of benzene rings is 1. The predicted molar refractivity (Wildman–Crippen MR) is 104 cm³/mol. The monoisotopic (exact) mass is 344 g/mol. The number of nitrogens with one attached hydrogen (secondary N) is 1. The van der Waals surface area contributed by atoms with E-state index in [1.165, 1.54) is 11.1 Å². The van der Waals surface area contributed by atoms with Crippen LogP contribution in [0.25, 0.3) is 0 Å². The van der Waals surface area contributed by atoms with Gasteiger partial charge in [-0.1, -0.05) is 36.8 Å². The number of aryl methyl sites for hydroxylation is 1. The highest BCUT2D eigenvalue weighted by atomic mass is 16.1. The molecule has 1 aromatic carbocycles. The summed E-state index contributed by atoms with van der Waals surface area (Å²) in [6.45, 7) is 9.86. The van der Waals surface area contributed by atoms with Crippen LogP contribution in [-0.4, -0.2) is 42.9 Å². The first-order valence-corrected chi connectivity index (χ1v) is 9.37. The highest BCUT2D eigenvalue weighted by Crippen LogP contribution is 2.20. The van der Waals surface area contributed by atoms with Crippen molar-refractivity contribution in [2.45, 2.75) is 46.0 Å². The maximum atomic E-state index is 11.2. The number of guanidine groups is 1. The Balaban J connectivity index is 2.03. The van der Waals surface area contributed by atoms with Gasteiger partial charge >= 0.3 is 0 Å². The quantitative estimate of drug-likeness (QED) is 0.616. The van der Waals surface area contributed by atoms with E-state index in [2.05, 4.69) is 55.3 Å². The Morgan fingerprint density at radius 2 is 2.28 bits per heavy atom. The number of carbonyl (C=O) groups excluding carboxylic acids is 1. The lowest BCUT2D eigenvalue weighted by molar-refractivity contribution is -0.119. The summed E-state index contributed by atoms with van der Waals surface area (Å²) in [5.41, 5.74) is 7.98. The van der Waals surface area contributed by atoms with E-state index >= 15 is 0 Å². The highest BCUT2D eigenvalue weighted by Gasteiger charge is 2.23. The molecule has 25 heavy (non-hydrogen) atoms. The van der Waals surface area contributed by atoms with Crippen molar-refractivity contribution >= 4 is 11.9 Å². The number of primary amides is 1. The van der Waals surface area contributed by atoms with Crippen LogP contribution in [0.4, 0.5) is 0 Å². The maximum Gasteiger partial charge on any atom is 0.217 e. The van der Waals surface area contributed by atoms with E-state index in [1.807, 2.05) is 0 Å². The van der Waals surface area contributed by atoms with E-state index < -0.39 is 0 Å². The van der Waals surface area contributed by atoms with Gasteiger partial charge in [-0.3, -0.25) is 9.79 Å². The van der Waals surface area contributed by atoms with Gasteiger partial charge in [-0.2, -0.15) is 0 Å². The minimum atomic E-state index is -0.207. The van der Waals surface area contributed by atoms with Gasteiger partial charge in [0.05, 0.1) is 0 Å². The molecule has 2 atom stereocenters. The fraction of sp³-hybridized carbons (Fsp3) is 0.600. The second-order valence-corrected chi connectivity index (χ2v) is 7.13. The number of likely N-dealkylation sites (tertiary alicyclic amines) is 1. The highest BCUT2D eigenvalue weighted by molar-refractivity contribution is 5.80. The molecule has 5 heteroatoms.